The Kier molecular flexibility index (Phi) is 7.69. The molecule has 1 unspecified atom stereocenters. The number of hydrogen-bond acceptors (Lipinski definition) is 6. The van der Waals surface area contributed by atoms with E-state index in [0.717, 1.165) is 41.4 Å². The molecule has 1 aliphatic rings. The summed E-state index contributed by atoms with van der Waals surface area (Å²) in [6, 6.07) is 12.9. The van der Waals surface area contributed by atoms with E-state index in [0.29, 0.717) is 23.0 Å². The van der Waals surface area contributed by atoms with Gasteiger partial charge >= 0.3 is 0 Å². The standard InChI is InChI=1S/C24H26ClN5O2S/c1-15(28-22(31)16-9-11-26-12-10-16)13-19-21(23(32)29-20-8-7-18(25)14-27-20)30-24(33-19)17-5-3-2-4-6-17/h2-8,14-16,26H,9-13H2,1H3,(H,28,31)(H,27,29,32). The van der Waals surface area contributed by atoms with Gasteiger partial charge in [0.2, 0.25) is 5.91 Å². The van der Waals surface area contributed by atoms with Crippen LogP contribution in [0, 0.1) is 5.92 Å². The van der Waals surface area contributed by atoms with Crippen LogP contribution in [0.5, 0.6) is 0 Å². The van der Waals surface area contributed by atoms with Gasteiger partial charge in [-0.2, -0.15) is 0 Å². The fourth-order valence-corrected chi connectivity index (χ4v) is 5.08. The van der Waals surface area contributed by atoms with E-state index in [1.54, 1.807) is 12.1 Å². The van der Waals surface area contributed by atoms with E-state index in [1.165, 1.54) is 17.5 Å². The third-order valence-electron chi connectivity index (χ3n) is 5.49. The lowest BCUT2D eigenvalue weighted by Crippen LogP contribution is -2.42. The Hall–Kier alpha value is -2.81. The maximum absolute atomic E-state index is 13.1. The van der Waals surface area contributed by atoms with Crippen LogP contribution in [0.15, 0.2) is 48.7 Å². The number of nitrogens with zero attached hydrogens (tertiary/aromatic N) is 2. The van der Waals surface area contributed by atoms with E-state index >= 15 is 0 Å². The van der Waals surface area contributed by atoms with Gasteiger partial charge in [0, 0.05) is 35.0 Å². The number of rotatable bonds is 7. The van der Waals surface area contributed by atoms with Crippen LogP contribution in [0.3, 0.4) is 0 Å². The summed E-state index contributed by atoms with van der Waals surface area (Å²) in [6.45, 7) is 3.69. The van der Waals surface area contributed by atoms with Gasteiger partial charge in [0.05, 0.1) is 5.02 Å². The van der Waals surface area contributed by atoms with E-state index in [-0.39, 0.29) is 23.8 Å². The molecule has 1 saturated heterocycles. The van der Waals surface area contributed by atoms with Gasteiger partial charge in [0.25, 0.3) is 5.91 Å². The Bertz CT molecular complexity index is 1100. The number of amides is 2. The number of nitrogens with one attached hydrogen (secondary N) is 3. The summed E-state index contributed by atoms with van der Waals surface area (Å²) in [5.74, 6) is 0.175. The van der Waals surface area contributed by atoms with E-state index < -0.39 is 0 Å². The van der Waals surface area contributed by atoms with E-state index in [2.05, 4.69) is 25.9 Å². The van der Waals surface area contributed by atoms with Crippen molar-refractivity contribution in [2.75, 3.05) is 18.4 Å². The highest BCUT2D eigenvalue weighted by Crippen LogP contribution is 2.29. The van der Waals surface area contributed by atoms with Crippen LogP contribution in [0.1, 0.15) is 35.1 Å². The summed E-state index contributed by atoms with van der Waals surface area (Å²) in [6.07, 6.45) is 3.68. The summed E-state index contributed by atoms with van der Waals surface area (Å²) in [5, 5.41) is 10.5. The van der Waals surface area contributed by atoms with Crippen molar-refractivity contribution in [1.82, 2.24) is 20.6 Å². The van der Waals surface area contributed by atoms with Gasteiger partial charge in [-0.1, -0.05) is 41.9 Å². The molecule has 0 bridgehead atoms. The van der Waals surface area contributed by atoms with Crippen LogP contribution in [-0.2, 0) is 11.2 Å². The summed E-state index contributed by atoms with van der Waals surface area (Å²) in [4.78, 5) is 35.4. The fraction of sp³-hybridized carbons (Fsp3) is 0.333. The van der Waals surface area contributed by atoms with Gasteiger partial charge in [0.1, 0.15) is 16.5 Å². The third kappa shape index (κ3) is 6.16. The summed E-state index contributed by atoms with van der Waals surface area (Å²) in [5.41, 5.74) is 1.29. The largest absolute Gasteiger partial charge is 0.353 e. The first kappa shape index (κ1) is 23.4. The number of aromatic nitrogens is 2. The zero-order chi connectivity index (χ0) is 23.2. The number of piperidine rings is 1. The molecule has 0 spiro atoms. The summed E-state index contributed by atoms with van der Waals surface area (Å²) in [7, 11) is 0. The molecule has 3 heterocycles. The lowest BCUT2D eigenvalue weighted by molar-refractivity contribution is -0.126. The highest BCUT2D eigenvalue weighted by Gasteiger charge is 2.25. The molecule has 0 radical (unpaired) electrons. The van der Waals surface area contributed by atoms with E-state index in [9.17, 15) is 9.59 Å². The van der Waals surface area contributed by atoms with Crippen LogP contribution >= 0.6 is 22.9 Å². The van der Waals surface area contributed by atoms with Crippen molar-refractivity contribution in [3.05, 3.63) is 64.3 Å². The van der Waals surface area contributed by atoms with Crippen molar-refractivity contribution in [3.63, 3.8) is 0 Å². The van der Waals surface area contributed by atoms with Crippen LogP contribution in [0.25, 0.3) is 10.6 Å². The average molecular weight is 484 g/mol. The van der Waals surface area contributed by atoms with Gasteiger partial charge < -0.3 is 16.0 Å². The highest BCUT2D eigenvalue weighted by atomic mass is 35.5. The predicted molar refractivity (Wildman–Crippen MR) is 132 cm³/mol. The predicted octanol–water partition coefficient (Wildman–Crippen LogP) is 4.16. The van der Waals surface area contributed by atoms with Crippen LogP contribution in [-0.4, -0.2) is 40.9 Å². The van der Waals surface area contributed by atoms with E-state index in [1.807, 2.05) is 37.3 Å². The van der Waals surface area contributed by atoms with Crippen molar-refractivity contribution in [2.24, 2.45) is 5.92 Å². The number of carbonyl (C=O) groups is 2. The zero-order valence-electron chi connectivity index (χ0n) is 18.3. The maximum Gasteiger partial charge on any atom is 0.276 e. The van der Waals surface area contributed by atoms with Gasteiger partial charge in [0.15, 0.2) is 0 Å². The molecule has 1 aromatic carbocycles. The second kappa shape index (κ2) is 10.9. The number of hydrogen-bond donors (Lipinski definition) is 3. The molecule has 7 nitrogen and oxygen atoms in total. The molecular formula is C24H26ClN5O2S. The molecule has 1 atom stereocenters. The first-order valence-electron chi connectivity index (χ1n) is 11.0. The van der Waals surface area contributed by atoms with Gasteiger partial charge in [-0.15, -0.1) is 11.3 Å². The number of halogens is 1. The quantitative estimate of drug-likeness (QED) is 0.469. The molecule has 9 heteroatoms. The number of benzene rings is 1. The Balaban J connectivity index is 1.53. The second-order valence-corrected chi connectivity index (χ2v) is 9.63. The van der Waals surface area contributed by atoms with Gasteiger partial charge in [-0.25, -0.2) is 9.97 Å². The minimum atomic E-state index is -0.338. The molecule has 2 amide bonds. The number of anilines is 1. The molecule has 0 aliphatic carbocycles. The summed E-state index contributed by atoms with van der Waals surface area (Å²) < 4.78 is 0. The molecule has 3 N–H and O–H groups in total. The molecule has 0 saturated carbocycles. The highest BCUT2D eigenvalue weighted by molar-refractivity contribution is 7.15. The first-order valence-corrected chi connectivity index (χ1v) is 12.2. The monoisotopic (exact) mass is 483 g/mol. The normalized spacial score (nSPS) is 15.1. The Labute approximate surface area is 202 Å². The fourth-order valence-electron chi connectivity index (χ4n) is 3.77. The Morgan fingerprint density at radius 2 is 1.94 bits per heavy atom. The first-order chi connectivity index (χ1) is 16.0. The third-order valence-corrected chi connectivity index (χ3v) is 6.84. The maximum atomic E-state index is 13.1. The lowest BCUT2D eigenvalue weighted by atomic mass is 9.97. The molecule has 1 fully saturated rings. The average Bonchev–Trinajstić information content (AvgIpc) is 3.25. The SMILES string of the molecule is CC(Cc1sc(-c2ccccc2)nc1C(=O)Nc1ccc(Cl)cn1)NC(=O)C1CCNCC1. The minimum Gasteiger partial charge on any atom is -0.353 e. The van der Waals surface area contributed by atoms with Gasteiger partial charge in [-0.3, -0.25) is 9.59 Å². The molecule has 1 aliphatic heterocycles. The molecule has 33 heavy (non-hydrogen) atoms. The van der Waals surface area contributed by atoms with Crippen molar-refractivity contribution >= 4 is 40.6 Å². The topological polar surface area (TPSA) is 96.0 Å². The van der Waals surface area contributed by atoms with Crippen LogP contribution < -0.4 is 16.0 Å². The molecule has 4 rings (SSSR count). The van der Waals surface area contributed by atoms with E-state index in [4.69, 9.17) is 11.6 Å². The molecule has 2 aromatic heterocycles. The number of thiazole rings is 1. The molecule has 172 valence electrons. The van der Waals surface area contributed by atoms with Crippen molar-refractivity contribution in [1.29, 1.82) is 0 Å². The van der Waals surface area contributed by atoms with Gasteiger partial charge in [-0.05, 0) is 45.0 Å². The zero-order valence-corrected chi connectivity index (χ0v) is 19.9. The van der Waals surface area contributed by atoms with Crippen molar-refractivity contribution in [3.8, 4) is 10.6 Å². The van der Waals surface area contributed by atoms with Crippen molar-refractivity contribution < 1.29 is 9.59 Å². The Morgan fingerprint density at radius 3 is 2.64 bits per heavy atom. The smallest absolute Gasteiger partial charge is 0.276 e. The van der Waals surface area contributed by atoms with Crippen molar-refractivity contribution in [2.45, 2.75) is 32.2 Å². The molecule has 3 aromatic rings. The Morgan fingerprint density at radius 1 is 1.18 bits per heavy atom. The minimum absolute atomic E-state index is 0.0359. The molecular weight excluding hydrogens is 458 g/mol. The van der Waals surface area contributed by atoms with Crippen LogP contribution in [0.4, 0.5) is 5.82 Å². The number of pyridine rings is 1. The van der Waals surface area contributed by atoms with Crippen LogP contribution in [0.2, 0.25) is 5.02 Å². The summed E-state index contributed by atoms with van der Waals surface area (Å²) >= 11 is 7.36. The lowest BCUT2D eigenvalue weighted by Gasteiger charge is -2.23. The second-order valence-electron chi connectivity index (χ2n) is 8.11. The number of carbonyl (C=O) groups excluding carboxylic acids is 2.